The number of nitrogens with one attached hydrogen (secondary N) is 2. The number of nitrogens with zero attached hydrogens (tertiary/aromatic N) is 1. The van der Waals surface area contributed by atoms with Crippen molar-refractivity contribution in [2.45, 2.75) is 25.2 Å². The SMILES string of the molecule is CCc1sc(C(=O)NNC(=O)c2cc(S(=O)(=O)N3CCOCC3)ccc2F)cc1C. The quantitative estimate of drug-likeness (QED) is 0.670. The molecule has 3 rings (SSSR count). The summed E-state index contributed by atoms with van der Waals surface area (Å²) in [6, 6.07) is 4.70. The minimum atomic E-state index is -3.89. The van der Waals surface area contributed by atoms with E-state index in [4.69, 9.17) is 4.74 Å². The average Bonchev–Trinajstić information content (AvgIpc) is 3.13. The zero-order chi connectivity index (χ0) is 21.9. The first-order valence-corrected chi connectivity index (χ1v) is 11.6. The van der Waals surface area contributed by atoms with Crippen LogP contribution in [0.1, 0.15) is 37.4 Å². The van der Waals surface area contributed by atoms with Crippen LogP contribution in [0.4, 0.5) is 4.39 Å². The van der Waals surface area contributed by atoms with Gasteiger partial charge in [0.25, 0.3) is 11.8 Å². The van der Waals surface area contributed by atoms with Gasteiger partial charge in [-0.15, -0.1) is 11.3 Å². The van der Waals surface area contributed by atoms with Crippen LogP contribution in [0.3, 0.4) is 0 Å². The lowest BCUT2D eigenvalue weighted by Gasteiger charge is -2.26. The molecule has 1 aliphatic rings. The van der Waals surface area contributed by atoms with Gasteiger partial charge in [-0.2, -0.15) is 4.31 Å². The fraction of sp³-hybridized carbons (Fsp3) is 0.368. The molecular weight excluding hydrogens is 433 g/mol. The van der Waals surface area contributed by atoms with E-state index in [2.05, 4.69) is 10.9 Å². The Kier molecular flexibility index (Phi) is 6.86. The largest absolute Gasteiger partial charge is 0.379 e. The highest BCUT2D eigenvalue weighted by molar-refractivity contribution is 7.89. The number of ether oxygens (including phenoxy) is 1. The van der Waals surface area contributed by atoms with Crippen LogP contribution in [-0.2, 0) is 21.2 Å². The topological polar surface area (TPSA) is 105 Å². The second kappa shape index (κ2) is 9.21. The maximum Gasteiger partial charge on any atom is 0.279 e. The van der Waals surface area contributed by atoms with E-state index < -0.39 is 33.2 Å². The lowest BCUT2D eigenvalue weighted by atomic mass is 10.2. The number of amides is 2. The summed E-state index contributed by atoms with van der Waals surface area (Å²) in [6.07, 6.45) is 0.783. The predicted molar refractivity (Wildman–Crippen MR) is 109 cm³/mol. The molecule has 0 unspecified atom stereocenters. The molecule has 30 heavy (non-hydrogen) atoms. The van der Waals surface area contributed by atoms with Gasteiger partial charge in [0, 0.05) is 18.0 Å². The molecule has 2 amide bonds. The van der Waals surface area contributed by atoms with Gasteiger partial charge in [-0.25, -0.2) is 12.8 Å². The number of rotatable bonds is 5. The molecule has 162 valence electrons. The zero-order valence-corrected chi connectivity index (χ0v) is 18.2. The Labute approximate surface area is 178 Å². The first-order valence-electron chi connectivity index (χ1n) is 9.31. The first kappa shape index (κ1) is 22.3. The number of morpholine rings is 1. The second-order valence-corrected chi connectivity index (χ2v) is 9.71. The van der Waals surface area contributed by atoms with Crippen LogP contribution in [0.5, 0.6) is 0 Å². The molecule has 2 aromatic rings. The first-order chi connectivity index (χ1) is 14.2. The smallest absolute Gasteiger partial charge is 0.279 e. The van der Waals surface area contributed by atoms with E-state index in [1.54, 1.807) is 6.07 Å². The van der Waals surface area contributed by atoms with Gasteiger partial charge in [0.2, 0.25) is 10.0 Å². The Bertz CT molecular complexity index is 1060. The standard InChI is InChI=1S/C19H22FN3O5S2/c1-3-16-12(2)10-17(29-16)19(25)22-21-18(24)14-11-13(4-5-15(14)20)30(26,27)23-6-8-28-9-7-23/h4-5,10-11H,3,6-9H2,1-2H3,(H,21,24)(H,22,25). The number of sulfonamides is 1. The molecule has 2 N–H and O–H groups in total. The Balaban J connectivity index is 1.74. The molecule has 0 bridgehead atoms. The number of carbonyl (C=O) groups is 2. The van der Waals surface area contributed by atoms with Gasteiger partial charge >= 0.3 is 0 Å². The van der Waals surface area contributed by atoms with Crippen LogP contribution in [-0.4, -0.2) is 50.8 Å². The Morgan fingerprint density at radius 2 is 1.83 bits per heavy atom. The van der Waals surface area contributed by atoms with Gasteiger partial charge < -0.3 is 4.74 Å². The monoisotopic (exact) mass is 455 g/mol. The molecule has 1 aromatic carbocycles. The minimum Gasteiger partial charge on any atom is -0.379 e. The summed E-state index contributed by atoms with van der Waals surface area (Å²) in [4.78, 5) is 25.9. The summed E-state index contributed by atoms with van der Waals surface area (Å²) in [5, 5.41) is 0. The van der Waals surface area contributed by atoms with Crippen molar-refractivity contribution < 1.29 is 27.1 Å². The van der Waals surface area contributed by atoms with E-state index in [-0.39, 0.29) is 31.2 Å². The maximum absolute atomic E-state index is 14.2. The normalized spacial score (nSPS) is 15.0. The van der Waals surface area contributed by atoms with Crippen LogP contribution in [0.25, 0.3) is 0 Å². The molecule has 0 saturated carbocycles. The Morgan fingerprint density at radius 3 is 2.47 bits per heavy atom. The van der Waals surface area contributed by atoms with Crippen molar-refractivity contribution in [2.75, 3.05) is 26.3 Å². The van der Waals surface area contributed by atoms with Gasteiger partial charge in [0.1, 0.15) is 5.82 Å². The molecule has 0 atom stereocenters. The van der Waals surface area contributed by atoms with Crippen LogP contribution in [0, 0.1) is 12.7 Å². The predicted octanol–water partition coefficient (Wildman–Crippen LogP) is 1.85. The number of hydrogen-bond donors (Lipinski definition) is 2. The number of aryl methyl sites for hydroxylation is 2. The van der Waals surface area contributed by atoms with E-state index in [1.165, 1.54) is 15.6 Å². The second-order valence-electron chi connectivity index (χ2n) is 6.64. The van der Waals surface area contributed by atoms with Crippen LogP contribution >= 0.6 is 11.3 Å². The van der Waals surface area contributed by atoms with Crippen molar-refractivity contribution in [1.29, 1.82) is 0 Å². The van der Waals surface area contributed by atoms with Gasteiger partial charge in [-0.3, -0.25) is 20.4 Å². The summed E-state index contributed by atoms with van der Waals surface area (Å²) in [5.41, 5.74) is 4.88. The molecule has 1 aliphatic heterocycles. The minimum absolute atomic E-state index is 0.178. The summed E-state index contributed by atoms with van der Waals surface area (Å²) >= 11 is 1.31. The molecule has 0 radical (unpaired) electrons. The zero-order valence-electron chi connectivity index (χ0n) is 16.5. The summed E-state index contributed by atoms with van der Waals surface area (Å²) in [7, 11) is -3.89. The van der Waals surface area contributed by atoms with Crippen LogP contribution < -0.4 is 10.9 Å². The average molecular weight is 456 g/mol. The molecular formula is C19H22FN3O5S2. The van der Waals surface area contributed by atoms with Crippen molar-refractivity contribution >= 4 is 33.2 Å². The van der Waals surface area contributed by atoms with Crippen molar-refractivity contribution in [3.8, 4) is 0 Å². The Morgan fingerprint density at radius 1 is 1.17 bits per heavy atom. The summed E-state index contributed by atoms with van der Waals surface area (Å²) < 4.78 is 46.0. The van der Waals surface area contributed by atoms with Crippen LogP contribution in [0.2, 0.25) is 0 Å². The van der Waals surface area contributed by atoms with Gasteiger partial charge in [-0.05, 0) is 43.2 Å². The third kappa shape index (κ3) is 4.69. The van der Waals surface area contributed by atoms with Gasteiger partial charge in [0.05, 0.1) is 28.5 Å². The van der Waals surface area contributed by atoms with Crippen molar-refractivity contribution in [1.82, 2.24) is 15.2 Å². The molecule has 1 aromatic heterocycles. The molecule has 1 saturated heterocycles. The van der Waals surface area contributed by atoms with Crippen molar-refractivity contribution in [3.63, 3.8) is 0 Å². The number of carbonyl (C=O) groups excluding carboxylic acids is 2. The molecule has 0 aliphatic carbocycles. The van der Waals surface area contributed by atoms with E-state index in [0.717, 1.165) is 35.1 Å². The number of halogens is 1. The van der Waals surface area contributed by atoms with Gasteiger partial charge in [0.15, 0.2) is 0 Å². The highest BCUT2D eigenvalue weighted by Gasteiger charge is 2.28. The molecule has 0 spiro atoms. The van der Waals surface area contributed by atoms with E-state index >= 15 is 0 Å². The van der Waals surface area contributed by atoms with Crippen LogP contribution in [0.15, 0.2) is 29.2 Å². The van der Waals surface area contributed by atoms with Gasteiger partial charge in [-0.1, -0.05) is 6.92 Å². The molecule has 2 heterocycles. The number of thiophene rings is 1. The molecule has 1 fully saturated rings. The Hall–Kier alpha value is -2.34. The fourth-order valence-corrected chi connectivity index (χ4v) is 5.44. The lowest BCUT2D eigenvalue weighted by molar-refractivity contribution is 0.0730. The highest BCUT2D eigenvalue weighted by atomic mass is 32.2. The third-order valence-electron chi connectivity index (χ3n) is 4.65. The molecule has 8 nitrogen and oxygen atoms in total. The maximum atomic E-state index is 14.2. The van der Waals surface area contributed by atoms with Crippen molar-refractivity contribution in [2.24, 2.45) is 0 Å². The van der Waals surface area contributed by atoms with E-state index in [1.807, 2.05) is 13.8 Å². The number of hydrogen-bond acceptors (Lipinski definition) is 6. The highest BCUT2D eigenvalue weighted by Crippen LogP contribution is 2.22. The van der Waals surface area contributed by atoms with E-state index in [9.17, 15) is 22.4 Å². The molecule has 11 heteroatoms. The summed E-state index contributed by atoms with van der Waals surface area (Å²) in [6.45, 7) is 4.75. The lowest BCUT2D eigenvalue weighted by Crippen LogP contribution is -2.42. The number of hydrazine groups is 1. The number of benzene rings is 1. The third-order valence-corrected chi connectivity index (χ3v) is 7.92. The fourth-order valence-electron chi connectivity index (χ4n) is 3.00. The van der Waals surface area contributed by atoms with Crippen molar-refractivity contribution in [3.05, 3.63) is 51.0 Å². The summed E-state index contributed by atoms with van der Waals surface area (Å²) in [5.74, 6) is -2.39. The van der Waals surface area contributed by atoms with E-state index in [0.29, 0.717) is 4.88 Å².